The molecular weight excluding hydrogens is 244 g/mol. The van der Waals surface area contributed by atoms with Crippen molar-refractivity contribution in [1.82, 2.24) is 0 Å². The molecule has 1 aromatic carbocycles. The molecule has 1 aromatic rings. The molecule has 0 aromatic heterocycles. The number of unbranched alkanes of at least 4 members (excludes halogenated alkanes) is 7. The molecule has 0 amide bonds. The van der Waals surface area contributed by atoms with E-state index in [1.54, 1.807) is 5.19 Å². The van der Waals surface area contributed by atoms with E-state index in [4.69, 9.17) is 0 Å². The molecule has 19 heavy (non-hydrogen) atoms. The summed E-state index contributed by atoms with van der Waals surface area (Å²) >= 11 is 0. The van der Waals surface area contributed by atoms with E-state index in [0.717, 1.165) is 0 Å². The van der Waals surface area contributed by atoms with Crippen molar-refractivity contribution in [3.05, 3.63) is 29.8 Å². The lowest BCUT2D eigenvalue weighted by molar-refractivity contribution is 0.584. The molecule has 0 bridgehead atoms. The van der Waals surface area contributed by atoms with Gasteiger partial charge in [-0.05, 0) is 6.92 Å². The van der Waals surface area contributed by atoms with Gasteiger partial charge in [0, 0.05) is 0 Å². The third kappa shape index (κ3) is 7.56. The van der Waals surface area contributed by atoms with Gasteiger partial charge < -0.3 is 0 Å². The Labute approximate surface area is 122 Å². The maximum Gasteiger partial charge on any atom is 0.0824 e. The molecule has 0 nitrogen and oxygen atoms in total. The first-order chi connectivity index (χ1) is 9.24. The smallest absolute Gasteiger partial charge is 0.0669 e. The molecule has 0 aliphatic rings. The predicted molar refractivity (Wildman–Crippen MR) is 89.8 cm³/mol. The highest BCUT2D eigenvalue weighted by Gasteiger charge is 2.06. The van der Waals surface area contributed by atoms with Crippen molar-refractivity contribution in [3.8, 4) is 0 Å². The highest BCUT2D eigenvalue weighted by atomic mass is 28.3. The van der Waals surface area contributed by atoms with E-state index < -0.39 is 0 Å². The first-order valence-corrected chi connectivity index (χ1v) is 10.3. The van der Waals surface area contributed by atoms with E-state index in [9.17, 15) is 0 Å². The molecule has 0 N–H and O–H groups in total. The number of hydrogen-bond acceptors (Lipinski definition) is 0. The molecule has 1 heteroatoms. The summed E-state index contributed by atoms with van der Waals surface area (Å²) in [6, 6.07) is 10.7. The fourth-order valence-electron chi connectivity index (χ4n) is 2.51. The van der Waals surface area contributed by atoms with Crippen LogP contribution in [-0.2, 0) is 0 Å². The predicted octanol–water partition coefficient (Wildman–Crippen LogP) is 5.47. The number of aryl methyl sites for hydroxylation is 1. The lowest BCUT2D eigenvalue weighted by atomic mass is 10.1. The summed E-state index contributed by atoms with van der Waals surface area (Å²) in [5, 5.41) is 1.61. The largest absolute Gasteiger partial charge is 0.0824 e. The number of benzene rings is 1. The summed E-state index contributed by atoms with van der Waals surface area (Å²) in [7, 11) is -0.285. The first-order valence-electron chi connectivity index (χ1n) is 8.13. The lowest BCUT2D eigenvalue weighted by Crippen LogP contribution is -2.25. The third-order valence-corrected chi connectivity index (χ3v) is 6.37. The second-order valence-electron chi connectivity index (χ2n) is 5.87. The van der Waals surface area contributed by atoms with E-state index in [1.165, 1.54) is 63.0 Å². The van der Waals surface area contributed by atoms with Crippen molar-refractivity contribution >= 4 is 14.0 Å². The molecule has 0 heterocycles. The lowest BCUT2D eigenvalue weighted by Gasteiger charge is -2.10. The molecule has 0 saturated heterocycles. The standard InChI is InChI=1S/C18H31Si/c1-4-5-6-7-8-9-10-11-16-19(3)18-14-12-17(2)13-15-18/h12-15H,4-11,16H2,1-3H3. The Morgan fingerprint density at radius 1 is 0.789 bits per heavy atom. The van der Waals surface area contributed by atoms with Gasteiger partial charge in [-0.1, -0.05) is 106 Å². The van der Waals surface area contributed by atoms with Gasteiger partial charge in [0.1, 0.15) is 0 Å². The van der Waals surface area contributed by atoms with Crippen LogP contribution in [-0.4, -0.2) is 8.80 Å². The van der Waals surface area contributed by atoms with E-state index in [-0.39, 0.29) is 8.80 Å². The monoisotopic (exact) mass is 275 g/mol. The normalized spacial score (nSPS) is 11.2. The van der Waals surface area contributed by atoms with Crippen LogP contribution >= 0.6 is 0 Å². The summed E-state index contributed by atoms with van der Waals surface area (Å²) in [6.07, 6.45) is 11.5. The molecule has 1 rings (SSSR count). The summed E-state index contributed by atoms with van der Waals surface area (Å²) in [5.41, 5.74) is 1.38. The molecule has 0 fully saturated rings. The maximum atomic E-state index is 2.47. The van der Waals surface area contributed by atoms with Crippen molar-refractivity contribution < 1.29 is 0 Å². The van der Waals surface area contributed by atoms with Crippen molar-refractivity contribution in [2.45, 2.75) is 77.8 Å². The van der Waals surface area contributed by atoms with Gasteiger partial charge in [-0.2, -0.15) is 0 Å². The van der Waals surface area contributed by atoms with Crippen LogP contribution in [0.4, 0.5) is 0 Å². The second kappa shape index (κ2) is 10.3. The minimum atomic E-state index is -0.285. The molecule has 0 atom stereocenters. The number of rotatable bonds is 10. The van der Waals surface area contributed by atoms with E-state index in [2.05, 4.69) is 44.7 Å². The van der Waals surface area contributed by atoms with Gasteiger partial charge in [-0.15, -0.1) is 0 Å². The van der Waals surface area contributed by atoms with Gasteiger partial charge in [0.05, 0.1) is 8.80 Å². The topological polar surface area (TPSA) is 0 Å². The summed E-state index contributed by atoms with van der Waals surface area (Å²) < 4.78 is 0. The quantitative estimate of drug-likeness (QED) is 0.392. The fourth-order valence-corrected chi connectivity index (χ4v) is 4.31. The zero-order valence-electron chi connectivity index (χ0n) is 13.2. The van der Waals surface area contributed by atoms with Crippen LogP contribution in [0.5, 0.6) is 0 Å². The average Bonchev–Trinajstić information content (AvgIpc) is 2.42. The van der Waals surface area contributed by atoms with E-state index in [0.29, 0.717) is 0 Å². The van der Waals surface area contributed by atoms with Crippen LogP contribution < -0.4 is 5.19 Å². The molecule has 1 radical (unpaired) electrons. The summed E-state index contributed by atoms with van der Waals surface area (Å²) in [5.74, 6) is 0. The molecule has 0 spiro atoms. The minimum absolute atomic E-state index is 0.285. The molecule has 0 saturated carbocycles. The van der Waals surface area contributed by atoms with Crippen LogP contribution in [0.1, 0.15) is 63.9 Å². The second-order valence-corrected chi connectivity index (χ2v) is 8.51. The Balaban J connectivity index is 2.04. The zero-order chi connectivity index (χ0) is 13.9. The van der Waals surface area contributed by atoms with Crippen molar-refractivity contribution in [1.29, 1.82) is 0 Å². The van der Waals surface area contributed by atoms with E-state index >= 15 is 0 Å². The molecule has 0 unspecified atom stereocenters. The average molecular weight is 276 g/mol. The van der Waals surface area contributed by atoms with Gasteiger partial charge >= 0.3 is 0 Å². The highest BCUT2D eigenvalue weighted by Crippen LogP contribution is 2.11. The first kappa shape index (κ1) is 16.5. The Morgan fingerprint density at radius 3 is 1.89 bits per heavy atom. The van der Waals surface area contributed by atoms with E-state index in [1.807, 2.05) is 0 Å². The van der Waals surface area contributed by atoms with Crippen LogP contribution in [0.2, 0.25) is 12.6 Å². The van der Waals surface area contributed by atoms with Crippen LogP contribution in [0.15, 0.2) is 24.3 Å². The SMILES string of the molecule is CCCCCCCCCC[Si](C)c1ccc(C)cc1. The van der Waals surface area contributed by atoms with Crippen molar-refractivity contribution in [3.63, 3.8) is 0 Å². The zero-order valence-corrected chi connectivity index (χ0v) is 14.2. The van der Waals surface area contributed by atoms with Gasteiger partial charge in [0.25, 0.3) is 0 Å². The maximum absolute atomic E-state index is 2.47. The third-order valence-electron chi connectivity index (χ3n) is 3.95. The Bertz CT molecular complexity index is 315. The van der Waals surface area contributed by atoms with Crippen molar-refractivity contribution in [2.75, 3.05) is 0 Å². The molecule has 0 aliphatic carbocycles. The minimum Gasteiger partial charge on any atom is -0.0669 e. The van der Waals surface area contributed by atoms with Gasteiger partial charge in [0.2, 0.25) is 0 Å². The summed E-state index contributed by atoms with van der Waals surface area (Å²) in [4.78, 5) is 0. The summed E-state index contributed by atoms with van der Waals surface area (Å²) in [6.45, 7) is 6.93. The van der Waals surface area contributed by atoms with Crippen LogP contribution in [0, 0.1) is 6.92 Å². The number of hydrogen-bond donors (Lipinski definition) is 0. The van der Waals surface area contributed by atoms with Crippen LogP contribution in [0.25, 0.3) is 0 Å². The highest BCUT2D eigenvalue weighted by molar-refractivity contribution is 6.71. The Hall–Kier alpha value is -0.563. The fraction of sp³-hybridized carbons (Fsp3) is 0.667. The van der Waals surface area contributed by atoms with Gasteiger partial charge in [-0.3, -0.25) is 0 Å². The molecular formula is C18H31Si. The Morgan fingerprint density at radius 2 is 1.32 bits per heavy atom. The van der Waals surface area contributed by atoms with Gasteiger partial charge in [-0.25, -0.2) is 0 Å². The Kier molecular flexibility index (Phi) is 8.90. The molecule has 0 aliphatic heterocycles. The molecule has 107 valence electrons. The van der Waals surface area contributed by atoms with Crippen molar-refractivity contribution in [2.24, 2.45) is 0 Å². The van der Waals surface area contributed by atoms with Crippen LogP contribution in [0.3, 0.4) is 0 Å². The van der Waals surface area contributed by atoms with Gasteiger partial charge in [0.15, 0.2) is 0 Å².